The van der Waals surface area contributed by atoms with E-state index in [2.05, 4.69) is 5.32 Å². The Morgan fingerprint density at radius 1 is 0.828 bits per heavy atom. The second kappa shape index (κ2) is 8.54. The SMILES string of the molecule is O=C1N[C@@H](c2ccc(Cl)cc2)[C@@H](c2ccc(Cl)cc2)O[C@@H]1Cc1ccc(F)cc1. The predicted octanol–water partition coefficient (Wildman–Crippen LogP) is 5.67. The van der Waals surface area contributed by atoms with Gasteiger partial charge in [0.05, 0.1) is 6.04 Å². The molecule has 1 heterocycles. The van der Waals surface area contributed by atoms with Crippen LogP contribution in [0.25, 0.3) is 0 Å². The molecule has 0 aliphatic carbocycles. The normalized spacial score (nSPS) is 21.6. The third kappa shape index (κ3) is 4.61. The van der Waals surface area contributed by atoms with Crippen LogP contribution >= 0.6 is 23.2 Å². The van der Waals surface area contributed by atoms with Gasteiger partial charge in [0, 0.05) is 16.5 Å². The number of carbonyl (C=O) groups excluding carboxylic acids is 1. The Bertz CT molecular complexity index is 991. The van der Waals surface area contributed by atoms with Gasteiger partial charge in [0.25, 0.3) is 0 Å². The highest BCUT2D eigenvalue weighted by molar-refractivity contribution is 6.30. The van der Waals surface area contributed by atoms with Crippen molar-refractivity contribution in [1.29, 1.82) is 0 Å². The fourth-order valence-electron chi connectivity index (χ4n) is 3.47. The van der Waals surface area contributed by atoms with Gasteiger partial charge in [0.2, 0.25) is 5.91 Å². The summed E-state index contributed by atoms with van der Waals surface area (Å²) < 4.78 is 19.5. The summed E-state index contributed by atoms with van der Waals surface area (Å²) in [4.78, 5) is 12.8. The topological polar surface area (TPSA) is 38.3 Å². The van der Waals surface area contributed by atoms with Gasteiger partial charge in [-0.2, -0.15) is 0 Å². The monoisotopic (exact) mass is 429 g/mol. The van der Waals surface area contributed by atoms with E-state index in [1.54, 1.807) is 36.4 Å². The Kier molecular flexibility index (Phi) is 5.86. The van der Waals surface area contributed by atoms with Gasteiger partial charge in [-0.15, -0.1) is 0 Å². The second-order valence-electron chi connectivity index (χ2n) is 6.97. The Hall–Kier alpha value is -2.40. The summed E-state index contributed by atoms with van der Waals surface area (Å²) in [5, 5.41) is 4.33. The molecule has 0 saturated carbocycles. The minimum atomic E-state index is -0.690. The van der Waals surface area contributed by atoms with Crippen molar-refractivity contribution in [3.05, 3.63) is 105 Å². The first kappa shape index (κ1) is 19.9. The van der Waals surface area contributed by atoms with Crippen LogP contribution < -0.4 is 5.32 Å². The third-order valence-electron chi connectivity index (χ3n) is 4.97. The number of nitrogens with one attached hydrogen (secondary N) is 1. The minimum Gasteiger partial charge on any atom is -0.358 e. The molecule has 0 radical (unpaired) electrons. The van der Waals surface area contributed by atoms with Gasteiger partial charge in [0.15, 0.2) is 0 Å². The fourth-order valence-corrected chi connectivity index (χ4v) is 3.72. The van der Waals surface area contributed by atoms with E-state index < -0.39 is 12.2 Å². The maximum absolute atomic E-state index is 13.2. The van der Waals surface area contributed by atoms with Crippen molar-refractivity contribution < 1.29 is 13.9 Å². The van der Waals surface area contributed by atoms with Crippen molar-refractivity contribution in [3.63, 3.8) is 0 Å². The smallest absolute Gasteiger partial charge is 0.250 e. The number of amides is 1. The van der Waals surface area contributed by atoms with E-state index in [-0.39, 0.29) is 17.8 Å². The first-order valence-corrected chi connectivity index (χ1v) is 9.96. The van der Waals surface area contributed by atoms with Crippen LogP contribution in [0, 0.1) is 5.82 Å². The van der Waals surface area contributed by atoms with Gasteiger partial charge in [-0.3, -0.25) is 4.79 Å². The minimum absolute atomic E-state index is 0.209. The third-order valence-corrected chi connectivity index (χ3v) is 5.47. The first-order chi connectivity index (χ1) is 14.0. The van der Waals surface area contributed by atoms with E-state index in [4.69, 9.17) is 27.9 Å². The average Bonchev–Trinajstić information content (AvgIpc) is 2.72. The molecule has 148 valence electrons. The van der Waals surface area contributed by atoms with Crippen LogP contribution in [0.2, 0.25) is 10.0 Å². The summed E-state index contributed by atoms with van der Waals surface area (Å²) in [7, 11) is 0. The predicted molar refractivity (Wildman–Crippen MR) is 112 cm³/mol. The van der Waals surface area contributed by atoms with Crippen molar-refractivity contribution in [3.8, 4) is 0 Å². The molecule has 0 aromatic heterocycles. The zero-order valence-corrected chi connectivity index (χ0v) is 16.8. The Balaban J connectivity index is 1.64. The molecule has 1 N–H and O–H groups in total. The zero-order valence-electron chi connectivity index (χ0n) is 15.3. The summed E-state index contributed by atoms with van der Waals surface area (Å²) in [5.41, 5.74) is 2.62. The zero-order chi connectivity index (χ0) is 20.4. The number of hydrogen-bond acceptors (Lipinski definition) is 2. The molecule has 3 aromatic carbocycles. The molecule has 1 aliphatic rings. The van der Waals surface area contributed by atoms with Gasteiger partial charge in [-0.25, -0.2) is 4.39 Å². The Morgan fingerprint density at radius 2 is 1.38 bits per heavy atom. The number of carbonyl (C=O) groups is 1. The van der Waals surface area contributed by atoms with Gasteiger partial charge in [-0.1, -0.05) is 59.6 Å². The molecule has 0 spiro atoms. The largest absolute Gasteiger partial charge is 0.358 e. The second-order valence-corrected chi connectivity index (χ2v) is 7.84. The van der Waals surface area contributed by atoms with Crippen molar-refractivity contribution in [2.75, 3.05) is 0 Å². The summed E-state index contributed by atoms with van der Waals surface area (Å²) in [6.07, 6.45) is -0.745. The maximum Gasteiger partial charge on any atom is 0.250 e. The van der Waals surface area contributed by atoms with Gasteiger partial charge in [0.1, 0.15) is 18.0 Å². The average molecular weight is 430 g/mol. The fraction of sp³-hybridized carbons (Fsp3) is 0.174. The molecule has 6 heteroatoms. The lowest BCUT2D eigenvalue weighted by atomic mass is 9.92. The summed E-state index contributed by atoms with van der Waals surface area (Å²) in [5.74, 6) is -0.524. The molecule has 3 nitrogen and oxygen atoms in total. The number of halogens is 3. The van der Waals surface area contributed by atoms with Crippen LogP contribution in [0.4, 0.5) is 4.39 Å². The molecule has 1 amide bonds. The highest BCUT2D eigenvalue weighted by Crippen LogP contribution is 2.37. The molecular weight excluding hydrogens is 412 g/mol. The quantitative estimate of drug-likeness (QED) is 0.579. The van der Waals surface area contributed by atoms with Crippen LogP contribution in [0.5, 0.6) is 0 Å². The van der Waals surface area contributed by atoms with Crippen LogP contribution in [-0.4, -0.2) is 12.0 Å². The van der Waals surface area contributed by atoms with Crippen molar-refractivity contribution in [2.24, 2.45) is 0 Å². The summed E-state index contributed by atoms with van der Waals surface area (Å²) in [6.45, 7) is 0. The number of morpholine rings is 1. The van der Waals surface area contributed by atoms with Gasteiger partial charge < -0.3 is 10.1 Å². The molecule has 0 bridgehead atoms. The lowest BCUT2D eigenvalue weighted by molar-refractivity contribution is -0.150. The molecule has 0 unspecified atom stereocenters. The number of hydrogen-bond donors (Lipinski definition) is 1. The molecular formula is C23H18Cl2FNO2. The van der Waals surface area contributed by atoms with Crippen LogP contribution in [0.3, 0.4) is 0 Å². The Morgan fingerprint density at radius 3 is 1.97 bits per heavy atom. The van der Waals surface area contributed by atoms with Crippen LogP contribution in [-0.2, 0) is 16.0 Å². The lowest BCUT2D eigenvalue weighted by Gasteiger charge is -2.37. The molecule has 3 aromatic rings. The Labute approximate surface area is 178 Å². The van der Waals surface area contributed by atoms with E-state index >= 15 is 0 Å². The standard InChI is InChI=1S/C23H18Cl2FNO2/c24-17-7-3-15(4-8-17)21-22(16-5-9-18(25)10-6-16)29-20(23(28)27-21)13-14-1-11-19(26)12-2-14/h1-12,20-22H,13H2,(H,27,28)/t20-,21+,22-/m1/s1. The number of rotatable bonds is 4. The summed E-state index contributed by atoms with van der Waals surface area (Å²) >= 11 is 12.1. The van der Waals surface area contributed by atoms with Crippen molar-refractivity contribution in [2.45, 2.75) is 24.7 Å². The summed E-state index contributed by atoms with van der Waals surface area (Å²) in [6, 6.07) is 20.4. The van der Waals surface area contributed by atoms with Gasteiger partial charge in [-0.05, 0) is 53.1 Å². The highest BCUT2D eigenvalue weighted by atomic mass is 35.5. The van der Waals surface area contributed by atoms with E-state index in [1.165, 1.54) is 12.1 Å². The molecule has 1 fully saturated rings. The molecule has 1 aliphatic heterocycles. The van der Waals surface area contributed by atoms with E-state index in [1.807, 2.05) is 24.3 Å². The lowest BCUT2D eigenvalue weighted by Crippen LogP contribution is -2.48. The first-order valence-electron chi connectivity index (χ1n) is 9.21. The van der Waals surface area contributed by atoms with E-state index in [0.717, 1.165) is 16.7 Å². The highest BCUT2D eigenvalue weighted by Gasteiger charge is 2.38. The molecule has 1 saturated heterocycles. The van der Waals surface area contributed by atoms with Gasteiger partial charge >= 0.3 is 0 Å². The van der Waals surface area contributed by atoms with Crippen molar-refractivity contribution >= 4 is 29.1 Å². The van der Waals surface area contributed by atoms with E-state index in [0.29, 0.717) is 16.5 Å². The van der Waals surface area contributed by atoms with Crippen molar-refractivity contribution in [1.82, 2.24) is 5.32 Å². The number of benzene rings is 3. The number of ether oxygens (including phenoxy) is 1. The maximum atomic E-state index is 13.2. The van der Waals surface area contributed by atoms with Crippen LogP contribution in [0.1, 0.15) is 28.8 Å². The molecule has 29 heavy (non-hydrogen) atoms. The molecule has 3 atom stereocenters. The van der Waals surface area contributed by atoms with Crippen LogP contribution in [0.15, 0.2) is 72.8 Å². The molecule has 4 rings (SSSR count). The van der Waals surface area contributed by atoms with E-state index in [9.17, 15) is 9.18 Å².